The normalized spacial score (nSPS) is 14.7. The molecule has 5 rings (SSSR count). The first-order valence-electron chi connectivity index (χ1n) is 10.8. The average Bonchev–Trinajstić information content (AvgIpc) is 3.42. The molecule has 0 spiro atoms. The molecular weight excluding hydrogens is 527 g/mol. The Kier molecular flexibility index (Phi) is 6.59. The molecule has 0 unspecified atom stereocenters. The highest BCUT2D eigenvalue weighted by Gasteiger charge is 2.23. The first-order valence-corrected chi connectivity index (χ1v) is 13.9. The predicted octanol–water partition coefficient (Wildman–Crippen LogP) is 5.80. The quantitative estimate of drug-likeness (QED) is 0.330. The van der Waals surface area contributed by atoms with Gasteiger partial charge in [0.2, 0.25) is 0 Å². The molecule has 4 aromatic rings. The van der Waals surface area contributed by atoms with Crippen molar-refractivity contribution in [3.63, 3.8) is 0 Å². The highest BCUT2D eigenvalue weighted by Crippen LogP contribution is 2.34. The van der Waals surface area contributed by atoms with Crippen molar-refractivity contribution in [3.05, 3.63) is 81.4 Å². The van der Waals surface area contributed by atoms with Gasteiger partial charge in [0.05, 0.1) is 22.6 Å². The second kappa shape index (κ2) is 9.66. The Balaban J connectivity index is 1.33. The molecule has 2 aromatic carbocycles. The maximum atomic E-state index is 12.4. The van der Waals surface area contributed by atoms with Gasteiger partial charge in [0, 0.05) is 6.54 Å². The summed E-state index contributed by atoms with van der Waals surface area (Å²) in [4.78, 5) is 12.3. The van der Waals surface area contributed by atoms with Gasteiger partial charge in [-0.3, -0.25) is 0 Å². The van der Waals surface area contributed by atoms with Crippen molar-refractivity contribution in [1.82, 2.24) is 19.8 Å². The second-order valence-corrected chi connectivity index (χ2v) is 12.0. The topological polar surface area (TPSA) is 93.1 Å². The van der Waals surface area contributed by atoms with E-state index in [1.54, 1.807) is 0 Å². The zero-order valence-corrected chi connectivity index (χ0v) is 21.4. The Labute approximate surface area is 216 Å². The zero-order chi connectivity index (χ0) is 24.6. The lowest BCUT2D eigenvalue weighted by molar-refractivity contribution is 0.247. The smallest absolute Gasteiger partial charge is 0.328 e. The molecule has 35 heavy (non-hydrogen) atoms. The summed E-state index contributed by atoms with van der Waals surface area (Å²) in [5, 5.41) is 9.63. The van der Waals surface area contributed by atoms with E-state index in [-0.39, 0.29) is 20.1 Å². The summed E-state index contributed by atoms with van der Waals surface area (Å²) >= 11 is 12.5. The third-order valence-electron chi connectivity index (χ3n) is 5.74. The number of benzene rings is 2. The summed E-state index contributed by atoms with van der Waals surface area (Å²) in [5.41, 5.74) is 4.18. The number of carbonyl (C=O) groups is 1. The minimum Gasteiger partial charge on any atom is -0.334 e. The Hall–Kier alpha value is -2.85. The summed E-state index contributed by atoms with van der Waals surface area (Å²) in [6, 6.07) is 14.8. The number of nitrogens with zero attached hydrogens (tertiary/aromatic N) is 2. The lowest BCUT2D eigenvalue weighted by atomic mass is 9.92. The number of nitrogens with one attached hydrogen (secondary N) is 2. The van der Waals surface area contributed by atoms with Gasteiger partial charge in [-0.1, -0.05) is 59.6 Å². The Morgan fingerprint density at radius 3 is 2.69 bits per heavy atom. The van der Waals surface area contributed by atoms with Crippen molar-refractivity contribution in [2.45, 2.75) is 23.5 Å². The third-order valence-corrected chi connectivity index (χ3v) is 9.41. The number of aryl methyl sites for hydroxylation is 1. The van der Waals surface area contributed by atoms with Gasteiger partial charge in [0.25, 0.3) is 10.0 Å². The first-order chi connectivity index (χ1) is 16.8. The molecule has 180 valence electrons. The van der Waals surface area contributed by atoms with E-state index in [0.717, 1.165) is 63.9 Å². The van der Waals surface area contributed by atoms with Gasteiger partial charge in [-0.25, -0.2) is 22.6 Å². The molecule has 0 atom stereocenters. The van der Waals surface area contributed by atoms with Crippen LogP contribution in [0.25, 0.3) is 22.0 Å². The van der Waals surface area contributed by atoms with Crippen LogP contribution in [0.1, 0.15) is 24.1 Å². The highest BCUT2D eigenvalue weighted by atomic mass is 35.5. The molecule has 0 fully saturated rings. The van der Waals surface area contributed by atoms with Crippen LogP contribution in [0.4, 0.5) is 4.79 Å². The average molecular weight is 547 g/mol. The molecule has 0 aliphatic heterocycles. The number of thiophene rings is 1. The molecule has 1 aliphatic carbocycles. The van der Waals surface area contributed by atoms with Crippen LogP contribution in [-0.2, 0) is 16.4 Å². The van der Waals surface area contributed by atoms with Crippen molar-refractivity contribution < 1.29 is 13.2 Å². The number of allylic oxidation sites excluding steroid dienone is 1. The van der Waals surface area contributed by atoms with Gasteiger partial charge in [-0.05, 0) is 59.4 Å². The number of sulfonamides is 1. The van der Waals surface area contributed by atoms with Crippen LogP contribution in [0.15, 0.2) is 65.0 Å². The Morgan fingerprint density at radius 1 is 1.11 bits per heavy atom. The predicted molar refractivity (Wildman–Crippen MR) is 140 cm³/mol. The molecule has 2 amide bonds. The van der Waals surface area contributed by atoms with E-state index in [1.807, 2.05) is 39.9 Å². The fourth-order valence-corrected chi connectivity index (χ4v) is 6.94. The van der Waals surface area contributed by atoms with Crippen LogP contribution in [-0.4, -0.2) is 30.8 Å². The van der Waals surface area contributed by atoms with Crippen LogP contribution in [0.5, 0.6) is 0 Å². The molecule has 0 saturated carbocycles. The van der Waals surface area contributed by atoms with Crippen LogP contribution in [0, 0.1) is 0 Å². The van der Waals surface area contributed by atoms with E-state index in [0.29, 0.717) is 0 Å². The number of halogens is 2. The van der Waals surface area contributed by atoms with Gasteiger partial charge < -0.3 is 5.32 Å². The molecule has 0 saturated heterocycles. The second-order valence-electron chi connectivity index (χ2n) is 8.05. The summed E-state index contributed by atoms with van der Waals surface area (Å²) < 4.78 is 28.7. The van der Waals surface area contributed by atoms with Gasteiger partial charge in [-0.2, -0.15) is 5.10 Å². The number of aromatic nitrogens is 2. The van der Waals surface area contributed by atoms with Crippen molar-refractivity contribution in [3.8, 4) is 5.69 Å². The molecule has 0 radical (unpaired) electrons. The molecule has 2 N–H and O–H groups in total. The molecule has 0 bridgehead atoms. The Bertz CT molecular complexity index is 1560. The van der Waals surface area contributed by atoms with Crippen molar-refractivity contribution in [2.24, 2.45) is 0 Å². The maximum absolute atomic E-state index is 12.4. The lowest BCUT2D eigenvalue weighted by Gasteiger charge is -2.18. The number of carbonyl (C=O) groups excluding carboxylic acids is 1. The summed E-state index contributed by atoms with van der Waals surface area (Å²) in [6.07, 6.45) is 6.53. The van der Waals surface area contributed by atoms with E-state index < -0.39 is 16.1 Å². The van der Waals surface area contributed by atoms with Crippen molar-refractivity contribution in [1.29, 1.82) is 0 Å². The van der Waals surface area contributed by atoms with E-state index in [9.17, 15) is 13.2 Å². The minimum absolute atomic E-state index is 0.123. The van der Waals surface area contributed by atoms with Gasteiger partial charge >= 0.3 is 6.03 Å². The minimum atomic E-state index is -4.06. The SMILES string of the molecule is O=C(NC/C=C1\CCCc2cnn(-c3ccc4ccccc4c3)c21)NS(=O)(=O)c1cc(Cl)c(Cl)s1. The summed E-state index contributed by atoms with van der Waals surface area (Å²) in [7, 11) is -4.06. The number of rotatable bonds is 5. The van der Waals surface area contributed by atoms with Crippen molar-refractivity contribution in [2.75, 3.05) is 6.54 Å². The monoisotopic (exact) mass is 546 g/mol. The van der Waals surface area contributed by atoms with Gasteiger partial charge in [0.1, 0.15) is 8.55 Å². The van der Waals surface area contributed by atoms with E-state index in [2.05, 4.69) is 34.7 Å². The standard InChI is InChI=1S/C24H20Cl2N4O3S2/c25-20-13-21(34-23(20)26)35(32,33)29-24(31)27-11-10-16-6-3-7-18-14-28-30(22(16)18)19-9-8-15-4-1-2-5-17(15)12-19/h1-2,4-5,8-10,12-14H,3,6-7,11H2,(H2,27,29,31)/b16-10+. The first kappa shape index (κ1) is 23.9. The van der Waals surface area contributed by atoms with E-state index in [4.69, 9.17) is 23.2 Å². The maximum Gasteiger partial charge on any atom is 0.328 e. The number of urea groups is 1. The number of hydrogen-bond acceptors (Lipinski definition) is 5. The Morgan fingerprint density at radius 2 is 1.91 bits per heavy atom. The molecule has 7 nitrogen and oxygen atoms in total. The largest absolute Gasteiger partial charge is 0.334 e. The zero-order valence-electron chi connectivity index (χ0n) is 18.3. The molecule has 2 heterocycles. The fourth-order valence-electron chi connectivity index (χ4n) is 4.13. The highest BCUT2D eigenvalue weighted by molar-refractivity contribution is 7.92. The summed E-state index contributed by atoms with van der Waals surface area (Å²) in [5.74, 6) is 0. The number of hydrogen-bond donors (Lipinski definition) is 2. The van der Waals surface area contributed by atoms with Gasteiger partial charge in [0.15, 0.2) is 0 Å². The van der Waals surface area contributed by atoms with Crippen LogP contribution >= 0.6 is 34.5 Å². The number of amides is 2. The lowest BCUT2D eigenvalue weighted by Crippen LogP contribution is -2.39. The van der Waals surface area contributed by atoms with E-state index in [1.165, 1.54) is 6.07 Å². The van der Waals surface area contributed by atoms with Crippen LogP contribution in [0.3, 0.4) is 0 Å². The van der Waals surface area contributed by atoms with Crippen molar-refractivity contribution >= 4 is 66.9 Å². The fraction of sp³-hybridized carbons (Fsp3) is 0.167. The molecule has 11 heteroatoms. The molecule has 2 aromatic heterocycles. The number of fused-ring (bicyclic) bond motifs is 2. The third kappa shape index (κ3) is 4.95. The van der Waals surface area contributed by atoms with E-state index >= 15 is 0 Å². The van der Waals surface area contributed by atoms with Crippen LogP contribution < -0.4 is 10.0 Å². The molecule has 1 aliphatic rings. The van der Waals surface area contributed by atoms with Crippen LogP contribution in [0.2, 0.25) is 9.36 Å². The summed E-state index contributed by atoms with van der Waals surface area (Å²) in [6.45, 7) is 0.158. The molecular formula is C24H20Cl2N4O3S2. The van der Waals surface area contributed by atoms with Gasteiger partial charge in [-0.15, -0.1) is 11.3 Å².